The molecule has 0 unspecified atom stereocenters. The quantitative estimate of drug-likeness (QED) is 0.226. The van der Waals surface area contributed by atoms with Gasteiger partial charge in [0.1, 0.15) is 28.8 Å². The van der Waals surface area contributed by atoms with Crippen molar-refractivity contribution in [1.29, 1.82) is 0 Å². The van der Waals surface area contributed by atoms with E-state index in [1.807, 2.05) is 10.2 Å². The van der Waals surface area contributed by atoms with Crippen molar-refractivity contribution in [1.82, 2.24) is 19.6 Å². The Bertz CT molecular complexity index is 1760. The highest BCUT2D eigenvalue weighted by atomic mass is 19.4. The van der Waals surface area contributed by atoms with Gasteiger partial charge in [-0.15, -0.1) is 0 Å². The minimum absolute atomic E-state index is 0.185. The van der Waals surface area contributed by atoms with E-state index in [0.717, 1.165) is 60.7 Å². The van der Waals surface area contributed by atoms with Crippen molar-refractivity contribution in [3.8, 4) is 17.1 Å². The van der Waals surface area contributed by atoms with E-state index < -0.39 is 63.5 Å². The van der Waals surface area contributed by atoms with Crippen LogP contribution in [0, 0.1) is 11.6 Å². The van der Waals surface area contributed by atoms with E-state index in [-0.39, 0.29) is 22.7 Å². The Balaban J connectivity index is 1.89. The van der Waals surface area contributed by atoms with Crippen LogP contribution in [0.4, 0.5) is 35.1 Å². The smallest absolute Gasteiger partial charge is 0.433 e. The molecule has 7 nitrogen and oxygen atoms in total. The van der Waals surface area contributed by atoms with Crippen LogP contribution in [-0.4, -0.2) is 26.7 Å². The first kappa shape index (κ1) is 29.4. The first-order valence-corrected chi connectivity index (χ1v) is 12.2. The summed E-state index contributed by atoms with van der Waals surface area (Å²) in [5.41, 5.74) is -9.61. The number of H-pyrrole nitrogens is 2. The summed E-state index contributed by atoms with van der Waals surface area (Å²) in [5, 5.41) is 3.76. The summed E-state index contributed by atoms with van der Waals surface area (Å²) in [4.78, 5) is 27.4. The molecule has 5 aromatic rings. The van der Waals surface area contributed by atoms with E-state index in [2.05, 4.69) is 0 Å². The van der Waals surface area contributed by atoms with Crippen molar-refractivity contribution in [3.63, 3.8) is 0 Å². The average Bonchev–Trinajstić information content (AvgIpc) is 3.48. The number of aromatic nitrogens is 4. The Morgan fingerprint density at radius 2 is 1.00 bits per heavy atom. The molecule has 2 heterocycles. The van der Waals surface area contributed by atoms with Gasteiger partial charge in [-0.3, -0.25) is 19.8 Å². The van der Waals surface area contributed by atoms with Gasteiger partial charge in [-0.2, -0.15) is 26.3 Å². The van der Waals surface area contributed by atoms with Gasteiger partial charge in [0.25, 0.3) is 11.1 Å². The van der Waals surface area contributed by atoms with Gasteiger partial charge in [0.05, 0.1) is 29.6 Å². The Labute approximate surface area is 235 Å². The number of aromatic amines is 2. The van der Waals surface area contributed by atoms with Crippen molar-refractivity contribution in [2.45, 2.75) is 18.3 Å². The number of nitrogens with one attached hydrogen (secondary N) is 2. The lowest BCUT2D eigenvalue weighted by Crippen LogP contribution is -2.27. The van der Waals surface area contributed by atoms with Crippen LogP contribution < -0.4 is 15.9 Å². The number of hydrogen-bond donors (Lipinski definition) is 2. The van der Waals surface area contributed by atoms with E-state index >= 15 is 0 Å². The van der Waals surface area contributed by atoms with E-state index in [1.54, 1.807) is 0 Å². The maximum Gasteiger partial charge on any atom is 0.433 e. The summed E-state index contributed by atoms with van der Waals surface area (Å²) < 4.78 is 120. The van der Waals surface area contributed by atoms with Crippen molar-refractivity contribution >= 4 is 0 Å². The topological polar surface area (TPSA) is 84.8 Å². The maximum absolute atomic E-state index is 14.5. The molecule has 0 saturated heterocycles. The van der Waals surface area contributed by atoms with Crippen LogP contribution in [-0.2, 0) is 12.4 Å². The fourth-order valence-electron chi connectivity index (χ4n) is 4.69. The minimum Gasteiger partial charge on any atom is -0.497 e. The Kier molecular flexibility index (Phi) is 7.28. The molecular weight excluding hydrogens is 592 g/mol. The fourth-order valence-corrected chi connectivity index (χ4v) is 4.69. The summed E-state index contributed by atoms with van der Waals surface area (Å²) in [5.74, 6) is -3.58. The minimum atomic E-state index is -5.32. The lowest BCUT2D eigenvalue weighted by atomic mass is 9.84. The number of ether oxygens (including phenoxy) is 1. The van der Waals surface area contributed by atoms with Crippen LogP contribution in [0.25, 0.3) is 11.4 Å². The molecule has 3 aromatic carbocycles. The fraction of sp³-hybridized carbons (Fsp3) is 0.143. The first-order chi connectivity index (χ1) is 20.2. The molecule has 0 fully saturated rings. The number of hydrogen-bond acceptors (Lipinski definition) is 3. The van der Waals surface area contributed by atoms with Crippen molar-refractivity contribution in [2.24, 2.45) is 0 Å². The highest BCUT2D eigenvalue weighted by Crippen LogP contribution is 2.42. The van der Waals surface area contributed by atoms with E-state index in [4.69, 9.17) is 4.74 Å². The lowest BCUT2D eigenvalue weighted by molar-refractivity contribution is -0.142. The van der Waals surface area contributed by atoms with Crippen LogP contribution >= 0.6 is 0 Å². The number of halogens is 8. The highest BCUT2D eigenvalue weighted by Gasteiger charge is 2.46. The second kappa shape index (κ2) is 10.6. The Morgan fingerprint density at radius 3 is 1.33 bits per heavy atom. The molecule has 0 aliphatic rings. The van der Waals surface area contributed by atoms with Gasteiger partial charge < -0.3 is 4.74 Å². The molecule has 0 aliphatic heterocycles. The van der Waals surface area contributed by atoms with Crippen molar-refractivity contribution in [3.05, 3.63) is 133 Å². The van der Waals surface area contributed by atoms with Crippen LogP contribution in [0.15, 0.2) is 82.4 Å². The summed E-state index contributed by atoms with van der Waals surface area (Å²) in [6.45, 7) is 0. The number of alkyl halides is 6. The Hall–Kier alpha value is -5.08. The Morgan fingerprint density at radius 1 is 0.628 bits per heavy atom. The molecule has 0 aliphatic carbocycles. The maximum atomic E-state index is 14.5. The molecule has 0 saturated carbocycles. The molecule has 2 N–H and O–H groups in total. The number of nitrogens with zero attached hydrogens (tertiary/aromatic N) is 2. The third-order valence-corrected chi connectivity index (χ3v) is 6.62. The predicted octanol–water partition coefficient (Wildman–Crippen LogP) is 6.15. The van der Waals surface area contributed by atoms with Crippen LogP contribution in [0.2, 0.25) is 0 Å². The molecule has 0 spiro atoms. The summed E-state index contributed by atoms with van der Waals surface area (Å²) >= 11 is 0. The van der Waals surface area contributed by atoms with E-state index in [9.17, 15) is 44.7 Å². The third-order valence-electron chi connectivity index (χ3n) is 6.62. The van der Waals surface area contributed by atoms with Gasteiger partial charge in [0, 0.05) is 5.92 Å². The number of benzene rings is 3. The molecule has 15 heteroatoms. The second-order valence-electron chi connectivity index (χ2n) is 9.24. The first-order valence-electron chi connectivity index (χ1n) is 12.2. The van der Waals surface area contributed by atoms with Crippen LogP contribution in [0.1, 0.15) is 34.0 Å². The molecule has 0 radical (unpaired) electrons. The molecule has 0 bridgehead atoms. The number of methoxy groups -OCH3 is 1. The SMILES string of the molecule is COc1ccc(C(c2c(C(F)(F)F)[nH]n(-c3ccc(F)cc3)c2=O)c2c(C(F)(F)F)[nH]n(-c3ccc(F)cc3)c2=O)cc1. The summed E-state index contributed by atoms with van der Waals surface area (Å²) in [6.07, 6.45) is -10.6. The largest absolute Gasteiger partial charge is 0.497 e. The van der Waals surface area contributed by atoms with Gasteiger partial charge >= 0.3 is 12.4 Å². The molecule has 2 aromatic heterocycles. The van der Waals surface area contributed by atoms with Gasteiger partial charge in [-0.1, -0.05) is 12.1 Å². The monoisotopic (exact) mass is 610 g/mol. The average molecular weight is 610 g/mol. The molecule has 43 heavy (non-hydrogen) atoms. The second-order valence-corrected chi connectivity index (χ2v) is 9.24. The van der Waals surface area contributed by atoms with Crippen LogP contribution in [0.5, 0.6) is 5.75 Å². The van der Waals surface area contributed by atoms with E-state index in [0.29, 0.717) is 9.36 Å². The standard InChI is InChI=1S/C28H18F8N4O3/c1-43-19-12-2-14(3-13-19)20(21-23(27(31,32)33)37-39(25(21)41)17-8-4-15(29)5-9-17)22-24(28(34,35)36)38-40(26(22)42)18-10-6-16(30)7-11-18/h2-13,20,37-38H,1H3. The lowest BCUT2D eigenvalue weighted by Gasteiger charge is -2.19. The number of rotatable bonds is 6. The molecular formula is C28H18F8N4O3. The van der Waals surface area contributed by atoms with Crippen molar-refractivity contribution in [2.75, 3.05) is 7.11 Å². The molecule has 0 amide bonds. The normalized spacial score (nSPS) is 12.2. The van der Waals surface area contributed by atoms with Gasteiger partial charge in [-0.05, 0) is 66.2 Å². The zero-order valence-corrected chi connectivity index (χ0v) is 21.6. The van der Waals surface area contributed by atoms with Crippen LogP contribution in [0.3, 0.4) is 0 Å². The third kappa shape index (κ3) is 5.45. The van der Waals surface area contributed by atoms with Gasteiger partial charge in [0.15, 0.2) is 0 Å². The molecule has 5 rings (SSSR count). The molecule has 0 atom stereocenters. The molecule has 224 valence electrons. The summed E-state index contributed by atoms with van der Waals surface area (Å²) in [6, 6.07) is 12.1. The predicted molar refractivity (Wildman–Crippen MR) is 137 cm³/mol. The van der Waals surface area contributed by atoms with E-state index in [1.165, 1.54) is 19.2 Å². The zero-order chi connectivity index (χ0) is 31.3. The van der Waals surface area contributed by atoms with Gasteiger partial charge in [0.2, 0.25) is 0 Å². The zero-order valence-electron chi connectivity index (χ0n) is 21.6. The van der Waals surface area contributed by atoms with Crippen molar-refractivity contribution < 1.29 is 39.9 Å². The highest BCUT2D eigenvalue weighted by molar-refractivity contribution is 5.50. The van der Waals surface area contributed by atoms with Gasteiger partial charge in [-0.25, -0.2) is 18.1 Å². The summed E-state index contributed by atoms with van der Waals surface area (Å²) in [7, 11) is 1.27.